The van der Waals surface area contributed by atoms with Gasteiger partial charge in [0.05, 0.1) is 0 Å². The summed E-state index contributed by atoms with van der Waals surface area (Å²) in [4.78, 5) is 0. The van der Waals surface area contributed by atoms with Crippen molar-refractivity contribution in [3.63, 3.8) is 0 Å². The van der Waals surface area contributed by atoms with E-state index in [1.807, 2.05) is 0 Å². The highest BCUT2D eigenvalue weighted by Gasteiger charge is 1.97. The predicted molar refractivity (Wildman–Crippen MR) is 61.8 cm³/mol. The number of rotatable bonds is 4. The van der Waals surface area contributed by atoms with Crippen molar-refractivity contribution < 1.29 is 0 Å². The van der Waals surface area contributed by atoms with E-state index in [9.17, 15) is 0 Å². The second-order valence-corrected chi connectivity index (χ2v) is 3.72. The molecule has 0 aliphatic rings. The molecule has 13 heavy (non-hydrogen) atoms. The van der Waals surface area contributed by atoms with Crippen molar-refractivity contribution in [3.8, 4) is 0 Å². The smallest absolute Gasteiger partial charge is 0.0257 e. The van der Waals surface area contributed by atoms with E-state index in [1.54, 1.807) is 0 Å². The molecular weight excluding hydrogens is 156 g/mol. The third kappa shape index (κ3) is 5.46. The summed E-state index contributed by atoms with van der Waals surface area (Å²) in [5.41, 5.74) is 2.86. The van der Waals surface area contributed by atoms with E-state index in [0.717, 1.165) is 6.42 Å². The molecule has 0 aliphatic carbocycles. The van der Waals surface area contributed by atoms with Crippen LogP contribution in [0.1, 0.15) is 41.0 Å². The Bertz CT molecular complexity index is 214. The molecule has 0 rings (SSSR count). The van der Waals surface area contributed by atoms with Crippen LogP contribution in [0.15, 0.2) is 35.5 Å². The van der Waals surface area contributed by atoms with Gasteiger partial charge in [0.1, 0.15) is 0 Å². The van der Waals surface area contributed by atoms with E-state index >= 15 is 0 Å². The highest BCUT2D eigenvalue weighted by atomic mass is 14.0. The molecule has 0 saturated heterocycles. The molecule has 0 nitrogen and oxygen atoms in total. The molecular formula is C13H22. The molecule has 0 aromatic carbocycles. The fraction of sp³-hybridized carbons (Fsp3) is 0.538. The number of hydrogen-bond donors (Lipinski definition) is 0. The molecule has 0 aliphatic heterocycles. The molecule has 0 heterocycles. The second kappa shape index (κ2) is 6.71. The molecule has 0 radical (unpaired) electrons. The van der Waals surface area contributed by atoms with Crippen LogP contribution in [-0.4, -0.2) is 0 Å². The highest BCUT2D eigenvalue weighted by Crippen LogP contribution is 2.14. The van der Waals surface area contributed by atoms with Gasteiger partial charge in [-0.15, -0.1) is 0 Å². The molecule has 0 aromatic heterocycles. The van der Waals surface area contributed by atoms with E-state index in [1.165, 1.54) is 11.1 Å². The molecule has 0 fully saturated rings. The van der Waals surface area contributed by atoms with Gasteiger partial charge in [0.15, 0.2) is 0 Å². The van der Waals surface area contributed by atoms with Gasteiger partial charge in [-0.1, -0.05) is 56.2 Å². The summed E-state index contributed by atoms with van der Waals surface area (Å²) >= 11 is 0. The lowest BCUT2D eigenvalue weighted by Crippen LogP contribution is -1.91. The number of hydrogen-bond acceptors (Lipinski definition) is 0. The first-order valence-corrected chi connectivity index (χ1v) is 5.10. The van der Waals surface area contributed by atoms with E-state index in [-0.39, 0.29) is 0 Å². The summed E-state index contributed by atoms with van der Waals surface area (Å²) in [5.74, 6) is 0.653. The zero-order chi connectivity index (χ0) is 10.3. The van der Waals surface area contributed by atoms with Gasteiger partial charge in [0.25, 0.3) is 0 Å². The van der Waals surface area contributed by atoms with Crippen LogP contribution in [0.4, 0.5) is 0 Å². The minimum atomic E-state index is 0.653. The Morgan fingerprint density at radius 2 is 1.77 bits per heavy atom. The van der Waals surface area contributed by atoms with Crippen molar-refractivity contribution in [2.24, 2.45) is 5.92 Å². The van der Waals surface area contributed by atoms with E-state index in [0.29, 0.717) is 5.92 Å². The first-order chi connectivity index (χ1) is 6.09. The lowest BCUT2D eigenvalue weighted by atomic mass is 10.00. The third-order valence-corrected chi connectivity index (χ3v) is 2.32. The monoisotopic (exact) mass is 178 g/mol. The van der Waals surface area contributed by atoms with Crippen LogP contribution in [0, 0.1) is 5.92 Å². The molecule has 74 valence electrons. The second-order valence-electron chi connectivity index (χ2n) is 3.72. The van der Waals surface area contributed by atoms with Crippen molar-refractivity contribution in [1.29, 1.82) is 0 Å². The van der Waals surface area contributed by atoms with Crippen LogP contribution < -0.4 is 0 Å². The molecule has 0 atom stereocenters. The summed E-state index contributed by atoms with van der Waals surface area (Å²) < 4.78 is 0. The van der Waals surface area contributed by atoms with Crippen molar-refractivity contribution in [1.82, 2.24) is 0 Å². The molecule has 0 N–H and O–H groups in total. The zero-order valence-electron chi connectivity index (χ0n) is 9.59. The first kappa shape index (κ1) is 12.2. The van der Waals surface area contributed by atoms with E-state index < -0.39 is 0 Å². The van der Waals surface area contributed by atoms with Crippen molar-refractivity contribution in [2.75, 3.05) is 0 Å². The van der Waals surface area contributed by atoms with Gasteiger partial charge in [0, 0.05) is 0 Å². The minimum absolute atomic E-state index is 0.653. The molecule has 0 amide bonds. The average molecular weight is 178 g/mol. The summed E-state index contributed by atoms with van der Waals surface area (Å²) in [7, 11) is 0. The Morgan fingerprint density at radius 1 is 1.15 bits per heavy atom. The van der Waals surface area contributed by atoms with Gasteiger partial charge in [-0.3, -0.25) is 0 Å². The topological polar surface area (TPSA) is 0 Å². The summed E-state index contributed by atoms with van der Waals surface area (Å²) in [6.07, 6.45) is 9.67. The first-order valence-electron chi connectivity index (χ1n) is 5.10. The quantitative estimate of drug-likeness (QED) is 0.556. The molecule has 0 spiro atoms. The Kier molecular flexibility index (Phi) is 6.30. The molecule has 0 bridgehead atoms. The van der Waals surface area contributed by atoms with Crippen LogP contribution >= 0.6 is 0 Å². The lowest BCUT2D eigenvalue weighted by molar-refractivity contribution is 0.760. The van der Waals surface area contributed by atoms with Gasteiger partial charge >= 0.3 is 0 Å². The maximum atomic E-state index is 2.23. The van der Waals surface area contributed by atoms with E-state index in [4.69, 9.17) is 0 Å². The summed E-state index contributed by atoms with van der Waals surface area (Å²) in [6, 6.07) is 0. The fourth-order valence-electron chi connectivity index (χ4n) is 1.00. The lowest BCUT2D eigenvalue weighted by Gasteiger charge is -2.07. The van der Waals surface area contributed by atoms with Crippen molar-refractivity contribution in [2.45, 2.75) is 41.0 Å². The molecule has 0 unspecified atom stereocenters. The Balaban J connectivity index is 4.27. The fourth-order valence-corrected chi connectivity index (χ4v) is 1.00. The standard InChI is InChI=1S/C13H22/c1-6-7-8-9-10-12(4)13(5)11(2)3/h7-11H,6H2,1-5H3. The van der Waals surface area contributed by atoms with Gasteiger partial charge in [-0.05, 0) is 26.2 Å². The summed E-state index contributed by atoms with van der Waals surface area (Å²) in [6.45, 7) is 11.0. The van der Waals surface area contributed by atoms with Crippen LogP contribution in [0.3, 0.4) is 0 Å². The average Bonchev–Trinajstić information content (AvgIpc) is 2.10. The zero-order valence-corrected chi connectivity index (χ0v) is 9.59. The molecule has 0 saturated carbocycles. The van der Waals surface area contributed by atoms with Gasteiger partial charge in [-0.2, -0.15) is 0 Å². The van der Waals surface area contributed by atoms with Crippen LogP contribution in [0.2, 0.25) is 0 Å². The Hall–Kier alpha value is -0.780. The Labute approximate surface area is 83.0 Å². The highest BCUT2D eigenvalue weighted by molar-refractivity contribution is 5.25. The van der Waals surface area contributed by atoms with Crippen molar-refractivity contribution >= 4 is 0 Å². The SMILES string of the molecule is CCC=CC=CC(C)=C(C)C(C)C. The van der Waals surface area contributed by atoms with Crippen LogP contribution in [0.25, 0.3) is 0 Å². The third-order valence-electron chi connectivity index (χ3n) is 2.32. The maximum absolute atomic E-state index is 2.23. The molecule has 0 aromatic rings. The number of allylic oxidation sites excluding steroid dienone is 6. The normalized spacial score (nSPS) is 14.6. The van der Waals surface area contributed by atoms with Crippen LogP contribution in [0.5, 0.6) is 0 Å². The van der Waals surface area contributed by atoms with Crippen LogP contribution in [-0.2, 0) is 0 Å². The largest absolute Gasteiger partial charge is 0.0848 e. The minimum Gasteiger partial charge on any atom is -0.0848 e. The summed E-state index contributed by atoms with van der Waals surface area (Å²) in [5, 5.41) is 0. The van der Waals surface area contributed by atoms with Crippen molar-refractivity contribution in [3.05, 3.63) is 35.5 Å². The van der Waals surface area contributed by atoms with Gasteiger partial charge < -0.3 is 0 Å². The van der Waals surface area contributed by atoms with Gasteiger partial charge in [-0.25, -0.2) is 0 Å². The van der Waals surface area contributed by atoms with E-state index in [2.05, 4.69) is 58.9 Å². The maximum Gasteiger partial charge on any atom is -0.0257 e. The predicted octanol–water partition coefficient (Wildman–Crippen LogP) is 4.50. The van der Waals surface area contributed by atoms with Gasteiger partial charge in [0.2, 0.25) is 0 Å². The Morgan fingerprint density at radius 3 is 2.23 bits per heavy atom. The molecule has 0 heteroatoms.